The van der Waals surface area contributed by atoms with Crippen molar-refractivity contribution in [3.8, 4) is 0 Å². The second-order valence-electron chi connectivity index (χ2n) is 6.84. The maximum absolute atomic E-state index is 12.2. The van der Waals surface area contributed by atoms with E-state index in [1.54, 1.807) is 0 Å². The molecule has 0 aromatic carbocycles. The molecule has 0 saturated carbocycles. The molecule has 1 saturated heterocycles. The Hall–Kier alpha value is -1.47. The molecule has 0 radical (unpaired) electrons. The molecule has 8 heteroatoms. The molecule has 2 aliphatic rings. The van der Waals surface area contributed by atoms with Crippen molar-refractivity contribution < 1.29 is 27.5 Å². The smallest absolute Gasteiger partial charge is 0.389 e. The first-order chi connectivity index (χ1) is 11.8. The molecule has 1 amide bonds. The Balaban J connectivity index is 1.67. The van der Waals surface area contributed by atoms with Crippen molar-refractivity contribution in [2.75, 3.05) is 19.7 Å². The summed E-state index contributed by atoms with van der Waals surface area (Å²) >= 11 is 0. The summed E-state index contributed by atoms with van der Waals surface area (Å²) in [6, 6.07) is 0. The van der Waals surface area contributed by atoms with Crippen LogP contribution < -0.4 is 0 Å². The van der Waals surface area contributed by atoms with Crippen LogP contribution in [0.2, 0.25) is 0 Å². The minimum absolute atomic E-state index is 0.399. The lowest BCUT2D eigenvalue weighted by Gasteiger charge is -2.37. The molecule has 1 fully saturated rings. The standard InChI is InChI=1S/C17H27F3N2O3/c1-2-3-4-5-12-24-14-13-16(25-21-14)8-10-22(11-9-16)15(23)6-7-17(18,19)20/h2-13H2,1H3. The molecule has 0 atom stereocenters. The minimum atomic E-state index is -4.29. The quantitative estimate of drug-likeness (QED) is 0.641. The lowest BCUT2D eigenvalue weighted by atomic mass is 9.88. The number of hydrogen-bond donors (Lipinski definition) is 0. The molecule has 25 heavy (non-hydrogen) atoms. The van der Waals surface area contributed by atoms with E-state index in [1.165, 1.54) is 17.7 Å². The highest BCUT2D eigenvalue weighted by atomic mass is 19.4. The minimum Gasteiger partial charge on any atom is -0.479 e. The SMILES string of the molecule is CCCCCCOC1=NOC2(CCN(C(=O)CCC(F)(F)F)CC2)C1. The summed E-state index contributed by atoms with van der Waals surface area (Å²) in [5, 5.41) is 4.01. The number of likely N-dealkylation sites (tertiary alicyclic amines) is 1. The highest BCUT2D eigenvalue weighted by Gasteiger charge is 2.43. The number of amides is 1. The van der Waals surface area contributed by atoms with E-state index >= 15 is 0 Å². The van der Waals surface area contributed by atoms with Crippen molar-refractivity contribution >= 4 is 11.8 Å². The van der Waals surface area contributed by atoms with Crippen LogP contribution in [-0.2, 0) is 14.4 Å². The first kappa shape index (κ1) is 19.8. The predicted octanol–water partition coefficient (Wildman–Crippen LogP) is 4.02. The van der Waals surface area contributed by atoms with Crippen LogP contribution in [0, 0.1) is 0 Å². The van der Waals surface area contributed by atoms with E-state index < -0.39 is 30.5 Å². The van der Waals surface area contributed by atoms with Gasteiger partial charge in [-0.2, -0.15) is 13.2 Å². The van der Waals surface area contributed by atoms with Gasteiger partial charge in [0.05, 0.1) is 19.4 Å². The largest absolute Gasteiger partial charge is 0.479 e. The number of hydrogen-bond acceptors (Lipinski definition) is 4. The highest BCUT2D eigenvalue weighted by molar-refractivity contribution is 5.78. The molecule has 0 N–H and O–H groups in total. The maximum Gasteiger partial charge on any atom is 0.389 e. The number of halogens is 3. The average Bonchev–Trinajstić information content (AvgIpc) is 2.95. The number of rotatable bonds is 7. The molecule has 0 aliphatic carbocycles. The van der Waals surface area contributed by atoms with E-state index in [9.17, 15) is 18.0 Å². The monoisotopic (exact) mass is 364 g/mol. The van der Waals surface area contributed by atoms with Crippen molar-refractivity contribution in [3.05, 3.63) is 0 Å². The normalized spacial score (nSPS) is 19.7. The maximum atomic E-state index is 12.2. The second-order valence-corrected chi connectivity index (χ2v) is 6.84. The van der Waals surface area contributed by atoms with E-state index in [0.717, 1.165) is 12.8 Å². The van der Waals surface area contributed by atoms with E-state index in [4.69, 9.17) is 9.57 Å². The fourth-order valence-electron chi connectivity index (χ4n) is 3.12. The molecule has 144 valence electrons. The zero-order valence-electron chi connectivity index (χ0n) is 14.7. The fourth-order valence-corrected chi connectivity index (χ4v) is 3.12. The van der Waals surface area contributed by atoms with Crippen LogP contribution in [0.15, 0.2) is 5.16 Å². The topological polar surface area (TPSA) is 51.1 Å². The molecule has 2 aliphatic heterocycles. The number of alkyl halides is 3. The third-order valence-corrected chi connectivity index (χ3v) is 4.73. The highest BCUT2D eigenvalue weighted by Crippen LogP contribution is 2.35. The van der Waals surface area contributed by atoms with Crippen LogP contribution in [0.1, 0.15) is 64.7 Å². The van der Waals surface area contributed by atoms with Gasteiger partial charge in [0.15, 0.2) is 0 Å². The van der Waals surface area contributed by atoms with Crippen LogP contribution in [-0.4, -0.2) is 48.2 Å². The van der Waals surface area contributed by atoms with Crippen molar-refractivity contribution in [2.24, 2.45) is 5.16 Å². The van der Waals surface area contributed by atoms with Gasteiger partial charge in [0.1, 0.15) is 5.60 Å². The Morgan fingerprint density at radius 2 is 2.00 bits per heavy atom. The van der Waals surface area contributed by atoms with Gasteiger partial charge in [0, 0.05) is 32.4 Å². The van der Waals surface area contributed by atoms with Gasteiger partial charge in [-0.3, -0.25) is 4.79 Å². The molecule has 2 heterocycles. The van der Waals surface area contributed by atoms with Gasteiger partial charge >= 0.3 is 6.18 Å². The summed E-state index contributed by atoms with van der Waals surface area (Å²) in [6.45, 7) is 3.58. The van der Waals surface area contributed by atoms with Gasteiger partial charge in [-0.15, -0.1) is 0 Å². The number of unbranched alkanes of at least 4 members (excludes halogenated alkanes) is 3. The number of nitrogens with zero attached hydrogens (tertiary/aromatic N) is 2. The van der Waals surface area contributed by atoms with Gasteiger partial charge in [-0.1, -0.05) is 31.3 Å². The summed E-state index contributed by atoms with van der Waals surface area (Å²) in [7, 11) is 0. The number of carbonyl (C=O) groups is 1. The molecular weight excluding hydrogens is 337 g/mol. The fraction of sp³-hybridized carbons (Fsp3) is 0.882. The van der Waals surface area contributed by atoms with E-state index in [2.05, 4.69) is 12.1 Å². The Morgan fingerprint density at radius 3 is 2.64 bits per heavy atom. The molecule has 0 aromatic heterocycles. The Bertz CT molecular complexity index is 472. The first-order valence-corrected chi connectivity index (χ1v) is 9.06. The van der Waals surface area contributed by atoms with Crippen LogP contribution in [0.5, 0.6) is 0 Å². The van der Waals surface area contributed by atoms with Crippen molar-refractivity contribution in [2.45, 2.75) is 76.5 Å². The van der Waals surface area contributed by atoms with Crippen molar-refractivity contribution in [1.29, 1.82) is 0 Å². The molecule has 0 aromatic rings. The number of piperidine rings is 1. The zero-order valence-corrected chi connectivity index (χ0v) is 14.7. The summed E-state index contributed by atoms with van der Waals surface area (Å²) in [5.74, 6) is 0.145. The van der Waals surface area contributed by atoms with Crippen LogP contribution in [0.4, 0.5) is 13.2 Å². The summed E-state index contributed by atoms with van der Waals surface area (Å²) in [6.07, 6.45) is 0.340. The van der Waals surface area contributed by atoms with E-state index in [0.29, 0.717) is 44.9 Å². The van der Waals surface area contributed by atoms with E-state index in [-0.39, 0.29) is 0 Å². The van der Waals surface area contributed by atoms with Gasteiger partial charge in [0.2, 0.25) is 11.8 Å². The lowest BCUT2D eigenvalue weighted by molar-refractivity contribution is -0.152. The number of oxime groups is 1. The van der Waals surface area contributed by atoms with Crippen LogP contribution in [0.3, 0.4) is 0 Å². The van der Waals surface area contributed by atoms with Gasteiger partial charge in [-0.25, -0.2) is 0 Å². The molecule has 0 bridgehead atoms. The molecule has 5 nitrogen and oxygen atoms in total. The second kappa shape index (κ2) is 8.76. The van der Waals surface area contributed by atoms with Crippen LogP contribution >= 0.6 is 0 Å². The summed E-state index contributed by atoms with van der Waals surface area (Å²) in [4.78, 5) is 18.9. The Kier molecular flexibility index (Phi) is 6.95. The predicted molar refractivity (Wildman–Crippen MR) is 87.1 cm³/mol. The van der Waals surface area contributed by atoms with E-state index in [1.807, 2.05) is 0 Å². The molecular formula is C17H27F3N2O3. The molecule has 0 unspecified atom stereocenters. The number of carbonyl (C=O) groups excluding carboxylic acids is 1. The Morgan fingerprint density at radius 1 is 1.28 bits per heavy atom. The third-order valence-electron chi connectivity index (χ3n) is 4.73. The third kappa shape index (κ3) is 6.40. The molecule has 2 rings (SSSR count). The van der Waals surface area contributed by atoms with Crippen molar-refractivity contribution in [3.63, 3.8) is 0 Å². The lowest BCUT2D eigenvalue weighted by Crippen LogP contribution is -2.47. The van der Waals surface area contributed by atoms with Gasteiger partial charge < -0.3 is 14.5 Å². The van der Waals surface area contributed by atoms with Crippen LogP contribution in [0.25, 0.3) is 0 Å². The number of ether oxygens (including phenoxy) is 1. The van der Waals surface area contributed by atoms with Gasteiger partial charge in [0.25, 0.3) is 0 Å². The average molecular weight is 364 g/mol. The zero-order chi connectivity index (χ0) is 18.3. The molecule has 1 spiro atoms. The first-order valence-electron chi connectivity index (χ1n) is 9.06. The summed E-state index contributed by atoms with van der Waals surface area (Å²) < 4.78 is 42.3. The van der Waals surface area contributed by atoms with Crippen molar-refractivity contribution in [1.82, 2.24) is 4.90 Å². The summed E-state index contributed by atoms with van der Waals surface area (Å²) in [5.41, 5.74) is -0.459. The Labute approximate surface area is 146 Å². The van der Waals surface area contributed by atoms with Gasteiger partial charge in [-0.05, 0) is 6.42 Å².